The molecule has 4 aromatic rings. The number of amides is 1. The molecule has 0 aliphatic carbocycles. The van der Waals surface area contributed by atoms with Crippen LogP contribution in [0.1, 0.15) is 23.9 Å². The van der Waals surface area contributed by atoms with Crippen molar-refractivity contribution < 1.29 is 24.1 Å². The number of nitrogens with zero attached hydrogens (tertiary/aromatic N) is 4. The highest BCUT2D eigenvalue weighted by atomic mass is 32.2. The molecule has 3 aromatic carbocycles. The van der Waals surface area contributed by atoms with Crippen molar-refractivity contribution in [1.82, 2.24) is 9.88 Å². The standard InChI is InChI=1S/C30H25N5O7S/c1-4-41-24-10-5-21(6-11-24)31-30-32-29(36)28(43-30)16-20-15-18(2)33(19(20)3)22-7-12-25(13-8-22)42-27-14-9-23(34(37)38)17-26(27)35(39)40/h5-17H,4H2,1-3H3,(H,31,32,36)/b28-16-. The SMILES string of the molecule is CCOc1ccc(N=C2NC(=O)/C(=C/c3cc(C)n(-c4ccc(Oc5ccc([N+](=O)[O-])cc5[N+](=O)[O-])cc4)c3C)S2)cc1. The number of aliphatic imine (C=N–C) groups is 1. The van der Waals surface area contributed by atoms with Gasteiger partial charge in [0, 0.05) is 23.1 Å². The number of ether oxygens (including phenoxy) is 2. The molecule has 218 valence electrons. The number of nitro benzene ring substituents is 2. The van der Waals surface area contributed by atoms with E-state index < -0.39 is 21.2 Å². The molecule has 1 amide bonds. The van der Waals surface area contributed by atoms with E-state index in [4.69, 9.17) is 9.47 Å². The highest BCUT2D eigenvalue weighted by Crippen LogP contribution is 2.35. The molecule has 1 aromatic heterocycles. The van der Waals surface area contributed by atoms with E-state index in [1.807, 2.05) is 61.7 Å². The van der Waals surface area contributed by atoms with Gasteiger partial charge >= 0.3 is 5.69 Å². The number of aromatic nitrogens is 1. The number of rotatable bonds is 9. The van der Waals surface area contributed by atoms with Crippen LogP contribution in [0.25, 0.3) is 11.8 Å². The molecule has 43 heavy (non-hydrogen) atoms. The van der Waals surface area contributed by atoms with Gasteiger partial charge in [0.25, 0.3) is 11.6 Å². The van der Waals surface area contributed by atoms with E-state index in [-0.39, 0.29) is 11.7 Å². The summed E-state index contributed by atoms with van der Waals surface area (Å²) in [5.41, 5.74) is 3.29. The first-order valence-corrected chi connectivity index (χ1v) is 13.9. The van der Waals surface area contributed by atoms with Crippen LogP contribution in [-0.4, -0.2) is 32.1 Å². The minimum absolute atomic E-state index is 0.108. The zero-order chi connectivity index (χ0) is 30.7. The summed E-state index contributed by atoms with van der Waals surface area (Å²) in [4.78, 5) is 38.7. The predicted molar refractivity (Wildman–Crippen MR) is 163 cm³/mol. The number of amidine groups is 1. The zero-order valence-corrected chi connectivity index (χ0v) is 24.1. The summed E-state index contributed by atoms with van der Waals surface area (Å²) in [6.45, 7) is 6.38. The maximum atomic E-state index is 12.7. The van der Waals surface area contributed by atoms with Gasteiger partial charge in [-0.2, -0.15) is 0 Å². The lowest BCUT2D eigenvalue weighted by atomic mass is 10.2. The smallest absolute Gasteiger partial charge is 0.318 e. The first-order chi connectivity index (χ1) is 20.6. The highest BCUT2D eigenvalue weighted by Gasteiger charge is 2.25. The maximum Gasteiger partial charge on any atom is 0.318 e. The van der Waals surface area contributed by atoms with Crippen molar-refractivity contribution in [3.63, 3.8) is 0 Å². The molecule has 1 N–H and O–H groups in total. The second kappa shape index (κ2) is 12.2. The van der Waals surface area contributed by atoms with Gasteiger partial charge in [0.1, 0.15) is 11.5 Å². The van der Waals surface area contributed by atoms with Crippen LogP contribution in [0.15, 0.2) is 82.7 Å². The Morgan fingerprint density at radius 1 is 0.953 bits per heavy atom. The molecule has 1 aliphatic heterocycles. The third-order valence-electron chi connectivity index (χ3n) is 6.46. The van der Waals surface area contributed by atoms with E-state index in [0.29, 0.717) is 28.1 Å². The van der Waals surface area contributed by atoms with Crippen molar-refractivity contribution in [2.45, 2.75) is 20.8 Å². The third-order valence-corrected chi connectivity index (χ3v) is 7.37. The predicted octanol–water partition coefficient (Wildman–Crippen LogP) is 6.99. The number of nitro groups is 2. The quantitative estimate of drug-likeness (QED) is 0.123. The number of benzene rings is 3. The van der Waals surface area contributed by atoms with E-state index in [1.165, 1.54) is 17.8 Å². The molecule has 1 aliphatic rings. The number of aryl methyl sites for hydroxylation is 1. The molecule has 0 atom stereocenters. The number of carbonyl (C=O) groups excluding carboxylic acids is 1. The summed E-state index contributed by atoms with van der Waals surface area (Å²) in [6, 6.07) is 19.4. The normalized spacial score (nSPS) is 14.6. The number of thioether (sulfide) groups is 1. The lowest BCUT2D eigenvalue weighted by Gasteiger charge is -2.11. The van der Waals surface area contributed by atoms with E-state index in [1.54, 1.807) is 24.3 Å². The van der Waals surface area contributed by atoms with Crippen molar-refractivity contribution in [1.29, 1.82) is 0 Å². The van der Waals surface area contributed by atoms with E-state index in [0.717, 1.165) is 40.5 Å². The fourth-order valence-corrected chi connectivity index (χ4v) is 5.32. The van der Waals surface area contributed by atoms with Crippen LogP contribution in [0, 0.1) is 34.1 Å². The molecule has 5 rings (SSSR count). The Morgan fingerprint density at radius 3 is 2.30 bits per heavy atom. The van der Waals surface area contributed by atoms with Crippen molar-refractivity contribution in [2.75, 3.05) is 6.61 Å². The van der Waals surface area contributed by atoms with E-state index in [2.05, 4.69) is 10.3 Å². The van der Waals surface area contributed by atoms with Crippen molar-refractivity contribution in [2.24, 2.45) is 4.99 Å². The molecule has 0 saturated carbocycles. The summed E-state index contributed by atoms with van der Waals surface area (Å²) in [5, 5.41) is 25.7. The molecule has 1 saturated heterocycles. The Labute approximate surface area is 250 Å². The minimum Gasteiger partial charge on any atom is -0.494 e. The Morgan fingerprint density at radius 2 is 1.65 bits per heavy atom. The number of nitrogens with one attached hydrogen (secondary N) is 1. The monoisotopic (exact) mass is 599 g/mol. The average molecular weight is 600 g/mol. The topological polar surface area (TPSA) is 151 Å². The molecule has 1 fully saturated rings. The number of hydrogen-bond acceptors (Lipinski definition) is 9. The van der Waals surface area contributed by atoms with Crippen LogP contribution in [-0.2, 0) is 4.79 Å². The first kappa shape index (κ1) is 29.1. The second-order valence-electron chi connectivity index (χ2n) is 9.33. The largest absolute Gasteiger partial charge is 0.494 e. The van der Waals surface area contributed by atoms with Gasteiger partial charge in [0.05, 0.1) is 33.1 Å². The lowest BCUT2D eigenvalue weighted by molar-refractivity contribution is -0.394. The molecular formula is C30H25N5O7S. The lowest BCUT2D eigenvalue weighted by Crippen LogP contribution is -2.19. The van der Waals surface area contributed by atoms with Gasteiger partial charge in [0.2, 0.25) is 5.75 Å². The van der Waals surface area contributed by atoms with Crippen LogP contribution in [0.4, 0.5) is 17.1 Å². The maximum absolute atomic E-state index is 12.7. The number of hydrogen-bond donors (Lipinski definition) is 1. The zero-order valence-electron chi connectivity index (χ0n) is 23.3. The fraction of sp³-hybridized carbons (Fsp3) is 0.133. The Hall–Kier alpha value is -5.43. The van der Waals surface area contributed by atoms with Crippen molar-refractivity contribution >= 4 is 46.0 Å². The summed E-state index contributed by atoms with van der Waals surface area (Å²) < 4.78 is 13.2. The highest BCUT2D eigenvalue weighted by molar-refractivity contribution is 8.18. The molecule has 0 spiro atoms. The van der Waals surface area contributed by atoms with Crippen LogP contribution >= 0.6 is 11.8 Å². The third kappa shape index (κ3) is 6.41. The van der Waals surface area contributed by atoms with Crippen LogP contribution in [0.2, 0.25) is 0 Å². The van der Waals surface area contributed by atoms with Gasteiger partial charge in [0.15, 0.2) is 5.17 Å². The van der Waals surface area contributed by atoms with Crippen LogP contribution < -0.4 is 14.8 Å². The van der Waals surface area contributed by atoms with Gasteiger partial charge in [-0.3, -0.25) is 25.0 Å². The Kier molecular flexibility index (Phi) is 8.25. The molecule has 0 radical (unpaired) electrons. The number of carbonyl (C=O) groups is 1. The van der Waals surface area contributed by atoms with Gasteiger partial charge in [-0.05, 0) is 105 Å². The van der Waals surface area contributed by atoms with Crippen LogP contribution in [0.3, 0.4) is 0 Å². The number of non-ortho nitro benzene ring substituents is 1. The molecular weight excluding hydrogens is 574 g/mol. The van der Waals surface area contributed by atoms with Crippen molar-refractivity contribution in [3.8, 4) is 22.9 Å². The Balaban J connectivity index is 1.34. The van der Waals surface area contributed by atoms with Gasteiger partial charge in [-0.1, -0.05) is 0 Å². The summed E-state index contributed by atoms with van der Waals surface area (Å²) >= 11 is 1.26. The van der Waals surface area contributed by atoms with Gasteiger partial charge < -0.3 is 19.4 Å². The first-order valence-electron chi connectivity index (χ1n) is 13.1. The summed E-state index contributed by atoms with van der Waals surface area (Å²) in [6.07, 6.45) is 1.82. The van der Waals surface area contributed by atoms with E-state index in [9.17, 15) is 25.0 Å². The minimum atomic E-state index is -0.725. The molecule has 0 unspecified atom stereocenters. The fourth-order valence-electron chi connectivity index (χ4n) is 4.49. The second-order valence-corrected chi connectivity index (χ2v) is 10.4. The Bertz CT molecular complexity index is 1790. The summed E-state index contributed by atoms with van der Waals surface area (Å²) in [7, 11) is 0. The van der Waals surface area contributed by atoms with Crippen molar-refractivity contribution in [3.05, 3.63) is 115 Å². The van der Waals surface area contributed by atoms with E-state index >= 15 is 0 Å². The van der Waals surface area contributed by atoms with Gasteiger partial charge in [-0.25, -0.2) is 4.99 Å². The molecule has 13 heteroatoms. The average Bonchev–Trinajstić information content (AvgIpc) is 3.46. The van der Waals surface area contributed by atoms with Gasteiger partial charge in [-0.15, -0.1) is 0 Å². The molecule has 12 nitrogen and oxygen atoms in total. The summed E-state index contributed by atoms with van der Waals surface area (Å²) in [5.74, 6) is 0.731. The molecule has 2 heterocycles. The molecule has 0 bridgehead atoms. The van der Waals surface area contributed by atoms with Crippen LogP contribution in [0.5, 0.6) is 17.2 Å².